The van der Waals surface area contributed by atoms with Gasteiger partial charge in [-0.25, -0.2) is 9.97 Å². The zero-order chi connectivity index (χ0) is 21.2. The van der Waals surface area contributed by atoms with E-state index < -0.39 is 0 Å². The highest BCUT2D eigenvalue weighted by molar-refractivity contribution is 5.81. The summed E-state index contributed by atoms with van der Waals surface area (Å²) in [5, 5.41) is 5.22. The maximum atomic E-state index is 12.8. The fourth-order valence-corrected chi connectivity index (χ4v) is 4.24. The number of hydrogen-bond acceptors (Lipinski definition) is 5. The largest absolute Gasteiger partial charge is 0.341 e. The lowest BCUT2D eigenvalue weighted by atomic mass is 9.92. The van der Waals surface area contributed by atoms with Crippen molar-refractivity contribution >= 4 is 16.9 Å². The summed E-state index contributed by atoms with van der Waals surface area (Å²) in [4.78, 5) is 28.3. The van der Waals surface area contributed by atoms with Crippen molar-refractivity contribution in [1.82, 2.24) is 29.6 Å². The van der Waals surface area contributed by atoms with Gasteiger partial charge in [0, 0.05) is 66.6 Å². The van der Waals surface area contributed by atoms with E-state index in [4.69, 9.17) is 4.98 Å². The molecule has 0 saturated carbocycles. The zero-order valence-electron chi connectivity index (χ0n) is 17.4. The number of fused-ring (bicyclic) bond motifs is 1. The van der Waals surface area contributed by atoms with Crippen LogP contribution < -0.4 is 0 Å². The van der Waals surface area contributed by atoms with Gasteiger partial charge in [0.15, 0.2) is 5.65 Å². The lowest BCUT2D eigenvalue weighted by Gasteiger charge is -2.33. The first-order chi connectivity index (χ1) is 15.2. The molecule has 4 aromatic heterocycles. The first kappa shape index (κ1) is 19.4. The molecule has 1 amide bonds. The van der Waals surface area contributed by atoms with Crippen LogP contribution in [-0.4, -0.2) is 48.6 Å². The molecule has 0 aliphatic carbocycles. The molecule has 1 saturated heterocycles. The minimum atomic E-state index is -0.274. The fraction of sp³-hybridized carbons (Fsp3) is 0.292. The van der Waals surface area contributed by atoms with Crippen LogP contribution in [0.15, 0.2) is 67.4 Å². The highest BCUT2D eigenvalue weighted by atomic mass is 16.2. The quantitative estimate of drug-likeness (QED) is 0.509. The molecule has 1 unspecified atom stereocenters. The van der Waals surface area contributed by atoms with Crippen molar-refractivity contribution < 1.29 is 4.79 Å². The molecule has 4 aromatic rings. The minimum Gasteiger partial charge on any atom is -0.341 e. The van der Waals surface area contributed by atoms with Crippen molar-refractivity contribution in [2.45, 2.75) is 31.7 Å². The molecule has 31 heavy (non-hydrogen) atoms. The summed E-state index contributed by atoms with van der Waals surface area (Å²) in [6.45, 7) is 3.38. The third kappa shape index (κ3) is 3.91. The van der Waals surface area contributed by atoms with Crippen molar-refractivity contribution in [3.8, 4) is 11.1 Å². The molecule has 7 nitrogen and oxygen atoms in total. The van der Waals surface area contributed by atoms with E-state index in [2.05, 4.69) is 33.3 Å². The van der Waals surface area contributed by atoms with Crippen molar-refractivity contribution in [2.24, 2.45) is 0 Å². The Balaban J connectivity index is 1.28. The van der Waals surface area contributed by atoms with E-state index in [1.54, 1.807) is 23.3 Å². The summed E-state index contributed by atoms with van der Waals surface area (Å²) in [5.74, 6) is 0.467. The molecule has 0 radical (unpaired) electrons. The second-order valence-electron chi connectivity index (χ2n) is 8.00. The summed E-state index contributed by atoms with van der Waals surface area (Å²) >= 11 is 0. The van der Waals surface area contributed by atoms with E-state index in [1.165, 1.54) is 0 Å². The number of hydrogen-bond donors (Lipinski definition) is 0. The second kappa shape index (κ2) is 8.26. The molecular formula is C24H24N6O. The molecule has 7 heteroatoms. The number of rotatable bonds is 4. The molecule has 0 spiro atoms. The molecule has 0 bridgehead atoms. The summed E-state index contributed by atoms with van der Waals surface area (Å²) in [5.41, 5.74) is 3.97. The van der Waals surface area contributed by atoms with Gasteiger partial charge in [0.25, 0.3) is 0 Å². The highest BCUT2D eigenvalue weighted by Crippen LogP contribution is 2.29. The van der Waals surface area contributed by atoms with Gasteiger partial charge in [0.05, 0.1) is 0 Å². The summed E-state index contributed by atoms with van der Waals surface area (Å²) in [7, 11) is 0. The van der Waals surface area contributed by atoms with Gasteiger partial charge < -0.3 is 4.90 Å². The summed E-state index contributed by atoms with van der Waals surface area (Å²) in [6.07, 6.45) is 10.8. The number of amides is 1. The van der Waals surface area contributed by atoms with Gasteiger partial charge in [-0.3, -0.25) is 14.5 Å². The number of nitrogens with zero attached hydrogens (tertiary/aromatic N) is 6. The van der Waals surface area contributed by atoms with Gasteiger partial charge in [0.1, 0.15) is 6.04 Å². The first-order valence-electron chi connectivity index (χ1n) is 10.6. The van der Waals surface area contributed by atoms with Gasteiger partial charge in [-0.05, 0) is 61.7 Å². The van der Waals surface area contributed by atoms with Crippen LogP contribution in [0.2, 0.25) is 0 Å². The molecule has 0 N–H and O–H groups in total. The van der Waals surface area contributed by atoms with Gasteiger partial charge >= 0.3 is 0 Å². The van der Waals surface area contributed by atoms with Crippen LogP contribution in [0.5, 0.6) is 0 Å². The molecule has 1 fully saturated rings. The van der Waals surface area contributed by atoms with Crippen molar-refractivity contribution in [1.29, 1.82) is 0 Å². The van der Waals surface area contributed by atoms with Crippen LogP contribution in [0.1, 0.15) is 37.4 Å². The van der Waals surface area contributed by atoms with Gasteiger partial charge in [-0.2, -0.15) is 5.10 Å². The lowest BCUT2D eigenvalue weighted by molar-refractivity contribution is -0.135. The molecule has 5 heterocycles. The number of carbonyl (C=O) groups excluding carboxylic acids is 1. The van der Waals surface area contributed by atoms with E-state index >= 15 is 0 Å². The maximum Gasteiger partial charge on any atom is 0.247 e. The van der Waals surface area contributed by atoms with Crippen LogP contribution >= 0.6 is 0 Å². The average molecular weight is 412 g/mol. The molecule has 1 aliphatic rings. The third-order valence-corrected chi connectivity index (χ3v) is 6.08. The van der Waals surface area contributed by atoms with Crippen LogP contribution in [0.3, 0.4) is 0 Å². The predicted molar refractivity (Wildman–Crippen MR) is 118 cm³/mol. The topological polar surface area (TPSA) is 76.8 Å². The number of aromatic nitrogens is 5. The Labute approximate surface area is 180 Å². The van der Waals surface area contributed by atoms with E-state index in [0.717, 1.165) is 53.8 Å². The monoisotopic (exact) mass is 412 g/mol. The van der Waals surface area contributed by atoms with Gasteiger partial charge in [-0.1, -0.05) is 0 Å². The molecule has 1 atom stereocenters. The number of piperidine rings is 1. The smallest absolute Gasteiger partial charge is 0.247 e. The molecule has 0 aromatic carbocycles. The standard InChI is InChI=1S/C24H24N6O/c1-17(30-12-2-9-27-30)24(31)29-13-7-19(8-14-29)22-4-3-20-15-21(16-26-23(20)28-22)18-5-10-25-11-6-18/h2-6,9-12,15-17,19H,7-8,13-14H2,1H3. The molecular weight excluding hydrogens is 388 g/mol. The van der Waals surface area contributed by atoms with Crippen LogP contribution in [0.25, 0.3) is 22.2 Å². The Morgan fingerprint density at radius 1 is 1.06 bits per heavy atom. The Morgan fingerprint density at radius 3 is 2.61 bits per heavy atom. The number of carbonyl (C=O) groups is 1. The molecule has 156 valence electrons. The SMILES string of the molecule is CC(C(=O)N1CCC(c2ccc3cc(-c4ccncc4)cnc3n2)CC1)n1cccn1. The van der Waals surface area contributed by atoms with E-state index in [0.29, 0.717) is 5.92 Å². The van der Waals surface area contributed by atoms with Crippen molar-refractivity contribution in [3.05, 3.63) is 73.1 Å². The summed E-state index contributed by atoms with van der Waals surface area (Å²) in [6, 6.07) is 11.9. The van der Waals surface area contributed by atoms with E-state index in [1.807, 2.05) is 42.4 Å². The van der Waals surface area contributed by atoms with Crippen LogP contribution in [0.4, 0.5) is 0 Å². The summed E-state index contributed by atoms with van der Waals surface area (Å²) < 4.78 is 1.71. The van der Waals surface area contributed by atoms with Crippen LogP contribution in [-0.2, 0) is 4.79 Å². The van der Waals surface area contributed by atoms with Gasteiger partial charge in [-0.15, -0.1) is 0 Å². The molecule has 1 aliphatic heterocycles. The molecule has 5 rings (SSSR count). The maximum absolute atomic E-state index is 12.8. The Hall–Kier alpha value is -3.61. The fourth-order valence-electron chi connectivity index (χ4n) is 4.24. The zero-order valence-corrected chi connectivity index (χ0v) is 17.4. The first-order valence-corrected chi connectivity index (χ1v) is 10.6. The van der Waals surface area contributed by atoms with E-state index in [-0.39, 0.29) is 11.9 Å². The van der Waals surface area contributed by atoms with Gasteiger partial charge in [0.2, 0.25) is 5.91 Å². The van der Waals surface area contributed by atoms with Crippen molar-refractivity contribution in [2.75, 3.05) is 13.1 Å². The van der Waals surface area contributed by atoms with E-state index in [9.17, 15) is 4.79 Å². The lowest BCUT2D eigenvalue weighted by Crippen LogP contribution is -2.41. The average Bonchev–Trinajstić information content (AvgIpc) is 3.38. The third-order valence-electron chi connectivity index (χ3n) is 6.08. The Kier molecular flexibility index (Phi) is 5.16. The Bertz CT molecular complexity index is 1180. The number of pyridine rings is 3. The van der Waals surface area contributed by atoms with Crippen molar-refractivity contribution in [3.63, 3.8) is 0 Å². The normalized spacial score (nSPS) is 15.8. The predicted octanol–water partition coefficient (Wildman–Crippen LogP) is 3.86. The second-order valence-corrected chi connectivity index (χ2v) is 8.00. The van der Waals surface area contributed by atoms with Crippen LogP contribution in [0, 0.1) is 0 Å². The Morgan fingerprint density at radius 2 is 1.87 bits per heavy atom. The minimum absolute atomic E-state index is 0.124. The highest BCUT2D eigenvalue weighted by Gasteiger charge is 2.28. The number of likely N-dealkylation sites (tertiary alicyclic amines) is 1.